The van der Waals surface area contributed by atoms with E-state index >= 15 is 0 Å². The average molecular weight is 282 g/mol. The van der Waals surface area contributed by atoms with Gasteiger partial charge in [0.25, 0.3) is 0 Å². The second kappa shape index (κ2) is 5.23. The third kappa shape index (κ3) is 3.35. The van der Waals surface area contributed by atoms with E-state index in [9.17, 15) is 8.42 Å². The van der Waals surface area contributed by atoms with E-state index in [4.69, 9.17) is 0 Å². The van der Waals surface area contributed by atoms with Crippen molar-refractivity contribution < 1.29 is 8.42 Å². The summed E-state index contributed by atoms with van der Waals surface area (Å²) in [6.45, 7) is 5.18. The molecule has 1 aliphatic rings. The van der Waals surface area contributed by atoms with Crippen LogP contribution in [0.2, 0.25) is 0 Å². The van der Waals surface area contributed by atoms with E-state index in [0.29, 0.717) is 18.0 Å². The van der Waals surface area contributed by atoms with Crippen molar-refractivity contribution in [3.8, 4) is 0 Å². The molecule has 0 amide bonds. The highest BCUT2D eigenvalue weighted by Crippen LogP contribution is 2.44. The normalized spacial score (nSPS) is 17.4. The summed E-state index contributed by atoms with van der Waals surface area (Å²) in [5.41, 5.74) is 2.01. The highest BCUT2D eigenvalue weighted by atomic mass is 32.2. The van der Waals surface area contributed by atoms with E-state index < -0.39 is 10.0 Å². The standard InChI is InChI=1S/C14H22N2O2S/c1-11-12(9-15-3)5-4-6-13(11)19(17,18)16-10-14(2)7-8-14/h4-6,15-16H,7-10H2,1-3H3. The predicted octanol–water partition coefficient (Wildman–Crippen LogP) is 1.79. The summed E-state index contributed by atoms with van der Waals surface area (Å²) in [6, 6.07) is 5.42. The van der Waals surface area contributed by atoms with Crippen LogP contribution in [-0.4, -0.2) is 22.0 Å². The molecule has 0 unspecified atom stereocenters. The van der Waals surface area contributed by atoms with Crippen molar-refractivity contribution in [2.24, 2.45) is 5.41 Å². The van der Waals surface area contributed by atoms with Crippen molar-refractivity contribution in [1.29, 1.82) is 0 Å². The van der Waals surface area contributed by atoms with E-state index in [0.717, 1.165) is 24.0 Å². The van der Waals surface area contributed by atoms with E-state index in [1.807, 2.05) is 20.0 Å². The Balaban J connectivity index is 2.21. The molecule has 2 N–H and O–H groups in total. The molecule has 0 spiro atoms. The largest absolute Gasteiger partial charge is 0.316 e. The molecule has 0 radical (unpaired) electrons. The number of sulfonamides is 1. The minimum absolute atomic E-state index is 0.170. The third-order valence-corrected chi connectivity index (χ3v) is 5.39. The van der Waals surface area contributed by atoms with Crippen LogP contribution in [0.15, 0.2) is 23.1 Å². The lowest BCUT2D eigenvalue weighted by Gasteiger charge is -2.14. The molecule has 2 rings (SSSR count). The van der Waals surface area contributed by atoms with Gasteiger partial charge in [0.05, 0.1) is 4.90 Å². The van der Waals surface area contributed by atoms with Crippen LogP contribution in [0.3, 0.4) is 0 Å². The van der Waals surface area contributed by atoms with Crippen LogP contribution in [0.25, 0.3) is 0 Å². The smallest absolute Gasteiger partial charge is 0.240 e. The summed E-state index contributed by atoms with van der Waals surface area (Å²) in [7, 11) is -1.55. The Labute approximate surface area is 115 Å². The Morgan fingerprint density at radius 3 is 2.58 bits per heavy atom. The van der Waals surface area contributed by atoms with Gasteiger partial charge in [-0.05, 0) is 49.4 Å². The van der Waals surface area contributed by atoms with E-state index in [1.165, 1.54) is 0 Å². The molecule has 0 heterocycles. The molecule has 19 heavy (non-hydrogen) atoms. The molecule has 1 fully saturated rings. The molecule has 4 nitrogen and oxygen atoms in total. The summed E-state index contributed by atoms with van der Waals surface area (Å²) < 4.78 is 27.4. The highest BCUT2D eigenvalue weighted by molar-refractivity contribution is 7.89. The SMILES string of the molecule is CNCc1cccc(S(=O)(=O)NCC2(C)CC2)c1C. The zero-order chi connectivity index (χ0) is 14.1. The summed E-state index contributed by atoms with van der Waals surface area (Å²) in [5.74, 6) is 0. The fourth-order valence-electron chi connectivity index (χ4n) is 2.07. The zero-order valence-corrected chi connectivity index (χ0v) is 12.6. The Hall–Kier alpha value is -0.910. The first-order valence-corrected chi connectivity index (χ1v) is 8.09. The topological polar surface area (TPSA) is 58.2 Å². The van der Waals surface area contributed by atoms with Gasteiger partial charge in [-0.25, -0.2) is 13.1 Å². The summed E-state index contributed by atoms with van der Waals surface area (Å²) in [5, 5.41) is 3.05. The van der Waals surface area contributed by atoms with Gasteiger partial charge in [-0.2, -0.15) is 0 Å². The van der Waals surface area contributed by atoms with Crippen LogP contribution in [0.1, 0.15) is 30.9 Å². The quantitative estimate of drug-likeness (QED) is 0.836. The molecule has 1 aliphatic carbocycles. The van der Waals surface area contributed by atoms with Crippen molar-refractivity contribution in [2.45, 2.75) is 38.1 Å². The molecule has 5 heteroatoms. The lowest BCUT2D eigenvalue weighted by atomic mass is 10.1. The van der Waals surface area contributed by atoms with Gasteiger partial charge < -0.3 is 5.32 Å². The second-order valence-electron chi connectivity index (χ2n) is 5.71. The van der Waals surface area contributed by atoms with Crippen LogP contribution in [0.4, 0.5) is 0 Å². The third-order valence-electron chi connectivity index (χ3n) is 3.85. The maximum Gasteiger partial charge on any atom is 0.240 e. The Morgan fingerprint density at radius 1 is 1.32 bits per heavy atom. The minimum Gasteiger partial charge on any atom is -0.316 e. The monoisotopic (exact) mass is 282 g/mol. The first-order valence-electron chi connectivity index (χ1n) is 6.61. The lowest BCUT2D eigenvalue weighted by molar-refractivity contribution is 0.530. The molecule has 106 valence electrons. The number of hydrogen-bond acceptors (Lipinski definition) is 3. The first kappa shape index (κ1) is 14.5. The number of hydrogen-bond donors (Lipinski definition) is 2. The molecular formula is C14H22N2O2S. The highest BCUT2D eigenvalue weighted by Gasteiger charge is 2.38. The molecule has 0 aliphatic heterocycles. The lowest BCUT2D eigenvalue weighted by Crippen LogP contribution is -2.30. The maximum absolute atomic E-state index is 12.4. The van der Waals surface area contributed by atoms with Crippen LogP contribution in [0.5, 0.6) is 0 Å². The fraction of sp³-hybridized carbons (Fsp3) is 0.571. The van der Waals surface area contributed by atoms with Crippen molar-refractivity contribution in [3.63, 3.8) is 0 Å². The van der Waals surface area contributed by atoms with Gasteiger partial charge in [-0.3, -0.25) is 0 Å². The van der Waals surface area contributed by atoms with Gasteiger partial charge in [-0.15, -0.1) is 0 Å². The number of nitrogens with one attached hydrogen (secondary N) is 2. The van der Waals surface area contributed by atoms with Crippen molar-refractivity contribution in [3.05, 3.63) is 29.3 Å². The second-order valence-corrected chi connectivity index (χ2v) is 7.44. The predicted molar refractivity (Wildman–Crippen MR) is 76.5 cm³/mol. The van der Waals surface area contributed by atoms with E-state index in [2.05, 4.69) is 17.0 Å². The Kier molecular flexibility index (Phi) is 3.99. The molecule has 0 atom stereocenters. The van der Waals surface area contributed by atoms with Gasteiger partial charge >= 0.3 is 0 Å². The zero-order valence-electron chi connectivity index (χ0n) is 11.8. The minimum atomic E-state index is -3.40. The number of benzene rings is 1. The van der Waals surface area contributed by atoms with Gasteiger partial charge in [0.2, 0.25) is 10.0 Å². The summed E-state index contributed by atoms with van der Waals surface area (Å²) in [4.78, 5) is 0.393. The van der Waals surface area contributed by atoms with Crippen LogP contribution < -0.4 is 10.0 Å². The average Bonchev–Trinajstić information content (AvgIpc) is 3.09. The molecule has 0 saturated heterocycles. The van der Waals surface area contributed by atoms with E-state index in [-0.39, 0.29) is 5.41 Å². The van der Waals surface area contributed by atoms with Gasteiger partial charge in [0, 0.05) is 13.1 Å². The molecule has 1 saturated carbocycles. The molecular weight excluding hydrogens is 260 g/mol. The van der Waals surface area contributed by atoms with Crippen molar-refractivity contribution in [2.75, 3.05) is 13.6 Å². The van der Waals surface area contributed by atoms with Crippen molar-refractivity contribution in [1.82, 2.24) is 10.0 Å². The molecule has 1 aromatic carbocycles. The molecule has 1 aromatic rings. The van der Waals surface area contributed by atoms with Crippen LogP contribution in [0, 0.1) is 12.3 Å². The van der Waals surface area contributed by atoms with Crippen LogP contribution in [-0.2, 0) is 16.6 Å². The van der Waals surface area contributed by atoms with E-state index in [1.54, 1.807) is 12.1 Å². The summed E-state index contributed by atoms with van der Waals surface area (Å²) in [6.07, 6.45) is 2.21. The number of rotatable bonds is 6. The van der Waals surface area contributed by atoms with Crippen molar-refractivity contribution >= 4 is 10.0 Å². The fourth-order valence-corrected chi connectivity index (χ4v) is 3.56. The molecule has 0 aromatic heterocycles. The first-order chi connectivity index (χ1) is 8.88. The van der Waals surface area contributed by atoms with Gasteiger partial charge in [0.15, 0.2) is 0 Å². The van der Waals surface area contributed by atoms with Gasteiger partial charge in [-0.1, -0.05) is 19.1 Å². The molecule has 0 bridgehead atoms. The Morgan fingerprint density at radius 2 is 2.00 bits per heavy atom. The van der Waals surface area contributed by atoms with Crippen LogP contribution >= 0.6 is 0 Å². The Bertz CT molecular complexity index is 563. The maximum atomic E-state index is 12.4. The van der Waals surface area contributed by atoms with Gasteiger partial charge in [0.1, 0.15) is 0 Å². The summed E-state index contributed by atoms with van der Waals surface area (Å²) >= 11 is 0.